The molecule has 1 aromatic carbocycles. The number of rotatable bonds is 2. The van der Waals surface area contributed by atoms with Crippen LogP contribution in [0.1, 0.15) is 21.5 Å². The zero-order chi connectivity index (χ0) is 15.8. The molecule has 2 nitrogen and oxygen atoms in total. The summed E-state index contributed by atoms with van der Waals surface area (Å²) in [7, 11) is 0. The lowest BCUT2D eigenvalue weighted by Crippen LogP contribution is -2.13. The Labute approximate surface area is 114 Å². The molecule has 1 aromatic heterocycles. The molecule has 2 aromatic rings. The highest BCUT2D eigenvalue weighted by atomic mass is 19.4. The van der Waals surface area contributed by atoms with E-state index in [1.54, 1.807) is 0 Å². The second-order valence-corrected chi connectivity index (χ2v) is 4.20. The molecule has 0 bridgehead atoms. The van der Waals surface area contributed by atoms with E-state index in [1.165, 1.54) is 6.07 Å². The third-order valence-corrected chi connectivity index (χ3v) is 2.76. The second-order valence-electron chi connectivity index (χ2n) is 4.20. The van der Waals surface area contributed by atoms with Gasteiger partial charge in [0.05, 0.1) is 16.8 Å². The molecule has 0 spiro atoms. The molecule has 0 aliphatic heterocycles. The van der Waals surface area contributed by atoms with Crippen LogP contribution in [0.2, 0.25) is 0 Å². The van der Waals surface area contributed by atoms with Gasteiger partial charge in [0.2, 0.25) is 0 Å². The maximum Gasteiger partial charge on any atom is 0.418 e. The third kappa shape index (κ3) is 3.09. The van der Waals surface area contributed by atoms with Crippen molar-refractivity contribution in [3.63, 3.8) is 0 Å². The molecule has 1 heterocycles. The number of hydrogen-bond acceptors (Lipinski definition) is 1. The van der Waals surface area contributed by atoms with Gasteiger partial charge in [-0.1, -0.05) is 0 Å². The van der Waals surface area contributed by atoms with Gasteiger partial charge in [-0.25, -0.2) is 0 Å². The van der Waals surface area contributed by atoms with Crippen molar-refractivity contribution >= 4 is 6.29 Å². The lowest BCUT2D eigenvalue weighted by atomic mass is 10.1. The molecular weight excluding hydrogens is 300 g/mol. The Bertz CT molecular complexity index is 668. The quantitative estimate of drug-likeness (QED) is 0.598. The fraction of sp³-hybridized carbons (Fsp3) is 0.154. The van der Waals surface area contributed by atoms with E-state index in [4.69, 9.17) is 0 Å². The smallest absolute Gasteiger partial charge is 0.323 e. The van der Waals surface area contributed by atoms with Crippen LogP contribution in [-0.2, 0) is 12.4 Å². The molecule has 0 aliphatic carbocycles. The summed E-state index contributed by atoms with van der Waals surface area (Å²) >= 11 is 0. The number of carbonyl (C=O) groups excluding carboxylic acids is 1. The predicted octanol–water partition coefficient (Wildman–Crippen LogP) is 4.33. The Morgan fingerprint density at radius 3 is 2.10 bits per heavy atom. The number of nitrogens with zero attached hydrogens (tertiary/aromatic N) is 1. The summed E-state index contributed by atoms with van der Waals surface area (Å²) in [5.74, 6) is 0. The van der Waals surface area contributed by atoms with E-state index in [2.05, 4.69) is 0 Å². The van der Waals surface area contributed by atoms with Crippen LogP contribution in [0.5, 0.6) is 0 Å². The SMILES string of the molecule is O=Cc1ccn(-c2cc(C(F)(F)F)ccc2C(F)(F)F)c1. The van der Waals surface area contributed by atoms with Crippen molar-refractivity contribution in [3.8, 4) is 5.69 Å². The van der Waals surface area contributed by atoms with Gasteiger partial charge in [-0.2, -0.15) is 26.3 Å². The number of aldehydes is 1. The summed E-state index contributed by atoms with van der Waals surface area (Å²) in [5.41, 5.74) is -3.05. The van der Waals surface area contributed by atoms with Gasteiger partial charge < -0.3 is 4.57 Å². The molecule has 0 saturated heterocycles. The molecule has 8 heteroatoms. The highest BCUT2D eigenvalue weighted by Crippen LogP contribution is 2.38. The lowest BCUT2D eigenvalue weighted by molar-refractivity contribution is -0.141. The number of alkyl halides is 6. The number of aromatic nitrogens is 1. The maximum atomic E-state index is 12.9. The van der Waals surface area contributed by atoms with Crippen molar-refractivity contribution in [1.82, 2.24) is 4.57 Å². The first-order chi connectivity index (χ1) is 9.63. The highest BCUT2D eigenvalue weighted by molar-refractivity contribution is 5.74. The fourth-order valence-corrected chi connectivity index (χ4v) is 1.79. The summed E-state index contributed by atoms with van der Waals surface area (Å²) in [6.07, 6.45) is -7.08. The third-order valence-electron chi connectivity index (χ3n) is 2.76. The van der Waals surface area contributed by atoms with Crippen LogP contribution in [0.25, 0.3) is 5.69 Å². The van der Waals surface area contributed by atoms with Crippen LogP contribution >= 0.6 is 0 Å². The monoisotopic (exact) mass is 307 g/mol. The standard InChI is InChI=1S/C13H7F6NO/c14-12(15,16)9-1-2-10(13(17,18)19)11(5-9)20-4-3-8(6-20)7-21/h1-7H. The first kappa shape index (κ1) is 15.1. The van der Waals surface area contributed by atoms with E-state index in [9.17, 15) is 31.1 Å². The van der Waals surface area contributed by atoms with Gasteiger partial charge >= 0.3 is 12.4 Å². The Morgan fingerprint density at radius 1 is 0.952 bits per heavy atom. The van der Waals surface area contributed by atoms with Gasteiger partial charge in [0.25, 0.3) is 0 Å². The second kappa shape index (κ2) is 4.94. The molecule has 0 unspecified atom stereocenters. The summed E-state index contributed by atoms with van der Waals surface area (Å²) in [6.45, 7) is 0. The molecule has 0 amide bonds. The molecule has 21 heavy (non-hydrogen) atoms. The number of halogens is 6. The Balaban J connectivity index is 2.66. The van der Waals surface area contributed by atoms with E-state index in [0.29, 0.717) is 24.5 Å². The average molecular weight is 307 g/mol. The van der Waals surface area contributed by atoms with Gasteiger partial charge in [0.1, 0.15) is 0 Å². The Kier molecular flexibility index (Phi) is 3.56. The highest BCUT2D eigenvalue weighted by Gasteiger charge is 2.37. The van der Waals surface area contributed by atoms with Crippen molar-refractivity contribution < 1.29 is 31.1 Å². The zero-order valence-corrected chi connectivity index (χ0v) is 10.2. The largest absolute Gasteiger partial charge is 0.418 e. The van der Waals surface area contributed by atoms with E-state index < -0.39 is 29.2 Å². The number of benzene rings is 1. The van der Waals surface area contributed by atoms with E-state index in [1.807, 2.05) is 0 Å². The van der Waals surface area contributed by atoms with Crippen molar-refractivity contribution in [3.05, 3.63) is 53.3 Å². The lowest BCUT2D eigenvalue weighted by Gasteiger charge is -2.16. The summed E-state index contributed by atoms with van der Waals surface area (Å²) < 4.78 is 77.4. The van der Waals surface area contributed by atoms with Crippen molar-refractivity contribution in [2.45, 2.75) is 12.4 Å². The van der Waals surface area contributed by atoms with Crippen LogP contribution < -0.4 is 0 Å². The van der Waals surface area contributed by atoms with Crippen LogP contribution in [0.15, 0.2) is 36.7 Å². The predicted molar refractivity (Wildman–Crippen MR) is 61.2 cm³/mol. The molecule has 0 fully saturated rings. The number of hydrogen-bond donors (Lipinski definition) is 0. The van der Waals surface area contributed by atoms with Crippen molar-refractivity contribution in [2.24, 2.45) is 0 Å². The zero-order valence-electron chi connectivity index (χ0n) is 10.2. The van der Waals surface area contributed by atoms with Crippen molar-refractivity contribution in [1.29, 1.82) is 0 Å². The van der Waals surface area contributed by atoms with Crippen LogP contribution in [0, 0.1) is 0 Å². The van der Waals surface area contributed by atoms with Gasteiger partial charge in [0.15, 0.2) is 6.29 Å². The van der Waals surface area contributed by atoms with Gasteiger partial charge in [0, 0.05) is 18.0 Å². The van der Waals surface area contributed by atoms with E-state index in [-0.39, 0.29) is 5.56 Å². The summed E-state index contributed by atoms with van der Waals surface area (Å²) in [4.78, 5) is 10.5. The van der Waals surface area contributed by atoms with Gasteiger partial charge in [-0.05, 0) is 24.3 Å². The van der Waals surface area contributed by atoms with Crippen LogP contribution in [-0.4, -0.2) is 10.9 Å². The molecular formula is C13H7F6NO. The first-order valence-electron chi connectivity index (χ1n) is 5.55. The molecule has 0 atom stereocenters. The molecule has 112 valence electrons. The minimum atomic E-state index is -4.81. The molecule has 0 radical (unpaired) electrons. The average Bonchev–Trinajstić information content (AvgIpc) is 2.84. The summed E-state index contributed by atoms with van der Waals surface area (Å²) in [5, 5.41) is 0. The number of carbonyl (C=O) groups is 1. The van der Waals surface area contributed by atoms with Crippen LogP contribution in [0.4, 0.5) is 26.3 Å². The molecule has 0 aliphatic rings. The minimum Gasteiger partial charge on any atom is -0.323 e. The van der Waals surface area contributed by atoms with Gasteiger partial charge in [-0.3, -0.25) is 4.79 Å². The first-order valence-corrected chi connectivity index (χ1v) is 5.55. The normalized spacial score (nSPS) is 12.5. The Hall–Kier alpha value is -2.25. The van der Waals surface area contributed by atoms with Crippen molar-refractivity contribution in [2.75, 3.05) is 0 Å². The molecule has 0 N–H and O–H groups in total. The summed E-state index contributed by atoms with van der Waals surface area (Å²) in [6, 6.07) is 2.35. The molecule has 2 rings (SSSR count). The minimum absolute atomic E-state index is 0.0561. The van der Waals surface area contributed by atoms with E-state index >= 15 is 0 Å². The van der Waals surface area contributed by atoms with E-state index in [0.717, 1.165) is 17.0 Å². The van der Waals surface area contributed by atoms with Gasteiger partial charge in [-0.15, -0.1) is 0 Å². The maximum absolute atomic E-state index is 12.9. The topological polar surface area (TPSA) is 22.0 Å². The van der Waals surface area contributed by atoms with Crippen LogP contribution in [0.3, 0.4) is 0 Å². The Morgan fingerprint density at radius 2 is 1.62 bits per heavy atom. The molecule has 0 saturated carbocycles. The fourth-order valence-electron chi connectivity index (χ4n) is 1.79.